The minimum atomic E-state index is 0.583. The summed E-state index contributed by atoms with van der Waals surface area (Å²) in [5, 5.41) is 6.38. The summed E-state index contributed by atoms with van der Waals surface area (Å²) in [6.07, 6.45) is 0. The zero-order valence-corrected chi connectivity index (χ0v) is 11.3. The third-order valence-electron chi connectivity index (χ3n) is 2.75. The molecular formula is C14H18N2S. The van der Waals surface area contributed by atoms with Crippen LogP contribution in [0.5, 0.6) is 0 Å². The molecule has 2 nitrogen and oxygen atoms in total. The van der Waals surface area contributed by atoms with Crippen LogP contribution in [-0.4, -0.2) is 12.0 Å². The van der Waals surface area contributed by atoms with Crippen LogP contribution in [0.1, 0.15) is 30.3 Å². The minimum Gasteiger partial charge on any atom is -0.314 e. The van der Waals surface area contributed by atoms with Gasteiger partial charge in [0.15, 0.2) is 0 Å². The second-order valence-corrected chi connectivity index (χ2v) is 5.38. The molecule has 0 amide bonds. The fourth-order valence-corrected chi connectivity index (χ4v) is 2.53. The summed E-state index contributed by atoms with van der Waals surface area (Å²) in [6.45, 7) is 5.26. The quantitative estimate of drug-likeness (QED) is 0.890. The van der Waals surface area contributed by atoms with Crippen molar-refractivity contribution in [3.05, 3.63) is 40.2 Å². The van der Waals surface area contributed by atoms with Gasteiger partial charge in [0.25, 0.3) is 0 Å². The van der Waals surface area contributed by atoms with Crippen molar-refractivity contribution in [2.75, 3.05) is 7.05 Å². The van der Waals surface area contributed by atoms with Crippen molar-refractivity contribution >= 4 is 11.3 Å². The first kappa shape index (κ1) is 12.3. The number of thiazole rings is 1. The number of hydrogen-bond acceptors (Lipinski definition) is 3. The Kier molecular flexibility index (Phi) is 3.92. The van der Waals surface area contributed by atoms with E-state index in [1.54, 1.807) is 11.3 Å². The first-order valence-corrected chi connectivity index (χ1v) is 6.78. The standard InChI is InChI=1S/C14H18N2S/c1-10(2)11-4-6-12(7-5-11)13-9-17-14(16-13)8-15-3/h4-7,9-10,15H,8H2,1-3H3. The van der Waals surface area contributed by atoms with Gasteiger partial charge in [-0.15, -0.1) is 11.3 Å². The van der Waals surface area contributed by atoms with E-state index in [9.17, 15) is 0 Å². The van der Waals surface area contributed by atoms with Crippen molar-refractivity contribution in [3.63, 3.8) is 0 Å². The molecular weight excluding hydrogens is 228 g/mol. The molecule has 1 heterocycles. The summed E-state index contributed by atoms with van der Waals surface area (Å²) in [5.74, 6) is 0.583. The molecule has 1 aromatic heterocycles. The van der Waals surface area contributed by atoms with Crippen LogP contribution in [-0.2, 0) is 6.54 Å². The van der Waals surface area contributed by atoms with Crippen molar-refractivity contribution < 1.29 is 0 Å². The first-order chi connectivity index (χ1) is 8.20. The maximum absolute atomic E-state index is 4.60. The van der Waals surface area contributed by atoms with Crippen LogP contribution in [0.4, 0.5) is 0 Å². The number of nitrogens with zero attached hydrogens (tertiary/aromatic N) is 1. The number of nitrogens with one attached hydrogen (secondary N) is 1. The molecule has 0 radical (unpaired) electrons. The van der Waals surface area contributed by atoms with E-state index in [1.165, 1.54) is 11.1 Å². The highest BCUT2D eigenvalue weighted by Crippen LogP contribution is 2.24. The Bertz CT molecular complexity index is 471. The smallest absolute Gasteiger partial charge is 0.107 e. The molecule has 0 atom stereocenters. The van der Waals surface area contributed by atoms with Crippen molar-refractivity contribution in [3.8, 4) is 11.3 Å². The Morgan fingerprint density at radius 1 is 1.24 bits per heavy atom. The van der Waals surface area contributed by atoms with Gasteiger partial charge >= 0.3 is 0 Å². The molecule has 0 spiro atoms. The van der Waals surface area contributed by atoms with Gasteiger partial charge in [-0.25, -0.2) is 4.98 Å². The highest BCUT2D eigenvalue weighted by Gasteiger charge is 2.05. The lowest BCUT2D eigenvalue weighted by Gasteiger charge is -2.05. The molecule has 2 aromatic rings. The van der Waals surface area contributed by atoms with E-state index in [0.29, 0.717) is 5.92 Å². The third kappa shape index (κ3) is 2.93. The predicted octanol–water partition coefficient (Wildman–Crippen LogP) is 3.65. The van der Waals surface area contributed by atoms with Crippen LogP contribution in [0.3, 0.4) is 0 Å². The maximum atomic E-state index is 4.60. The molecule has 0 aliphatic heterocycles. The summed E-state index contributed by atoms with van der Waals surface area (Å²) in [6, 6.07) is 8.70. The van der Waals surface area contributed by atoms with Gasteiger partial charge in [-0.05, 0) is 18.5 Å². The molecule has 0 aliphatic rings. The molecule has 0 unspecified atom stereocenters. The number of aromatic nitrogens is 1. The van der Waals surface area contributed by atoms with Crippen LogP contribution in [0.25, 0.3) is 11.3 Å². The Morgan fingerprint density at radius 3 is 2.53 bits per heavy atom. The van der Waals surface area contributed by atoms with Gasteiger partial charge in [0.2, 0.25) is 0 Å². The van der Waals surface area contributed by atoms with Gasteiger partial charge in [-0.3, -0.25) is 0 Å². The average molecular weight is 246 g/mol. The summed E-state index contributed by atoms with van der Waals surface area (Å²) in [4.78, 5) is 4.60. The zero-order chi connectivity index (χ0) is 12.3. The largest absolute Gasteiger partial charge is 0.314 e. The monoisotopic (exact) mass is 246 g/mol. The Morgan fingerprint density at radius 2 is 1.94 bits per heavy atom. The molecule has 0 bridgehead atoms. The molecule has 90 valence electrons. The Labute approximate surface area is 107 Å². The second-order valence-electron chi connectivity index (χ2n) is 4.43. The van der Waals surface area contributed by atoms with E-state index in [-0.39, 0.29) is 0 Å². The van der Waals surface area contributed by atoms with Gasteiger partial charge in [0, 0.05) is 17.5 Å². The lowest BCUT2D eigenvalue weighted by atomic mass is 10.0. The van der Waals surface area contributed by atoms with E-state index in [1.807, 2.05) is 7.05 Å². The molecule has 0 saturated heterocycles. The van der Waals surface area contributed by atoms with E-state index >= 15 is 0 Å². The number of hydrogen-bond donors (Lipinski definition) is 1. The molecule has 2 rings (SSSR count). The van der Waals surface area contributed by atoms with E-state index in [4.69, 9.17) is 0 Å². The van der Waals surface area contributed by atoms with Crippen molar-refractivity contribution in [1.82, 2.24) is 10.3 Å². The van der Waals surface area contributed by atoms with Gasteiger partial charge in [0.1, 0.15) is 5.01 Å². The number of benzene rings is 1. The topological polar surface area (TPSA) is 24.9 Å². The van der Waals surface area contributed by atoms with Crippen molar-refractivity contribution in [2.24, 2.45) is 0 Å². The molecule has 0 saturated carbocycles. The van der Waals surface area contributed by atoms with Crippen LogP contribution >= 0.6 is 11.3 Å². The number of rotatable bonds is 4. The van der Waals surface area contributed by atoms with Crippen molar-refractivity contribution in [1.29, 1.82) is 0 Å². The summed E-state index contributed by atoms with van der Waals surface area (Å²) in [7, 11) is 1.94. The lowest BCUT2D eigenvalue weighted by molar-refractivity contribution is 0.811. The Hall–Kier alpha value is -1.19. The van der Waals surface area contributed by atoms with Crippen molar-refractivity contribution in [2.45, 2.75) is 26.3 Å². The molecule has 0 aliphatic carbocycles. The van der Waals surface area contributed by atoms with Gasteiger partial charge in [-0.1, -0.05) is 38.1 Å². The van der Waals surface area contributed by atoms with E-state index in [0.717, 1.165) is 17.2 Å². The highest BCUT2D eigenvalue weighted by molar-refractivity contribution is 7.09. The minimum absolute atomic E-state index is 0.583. The SMILES string of the molecule is CNCc1nc(-c2ccc(C(C)C)cc2)cs1. The molecule has 1 N–H and O–H groups in total. The maximum Gasteiger partial charge on any atom is 0.107 e. The fraction of sp³-hybridized carbons (Fsp3) is 0.357. The molecule has 0 fully saturated rings. The second kappa shape index (κ2) is 5.43. The summed E-state index contributed by atoms with van der Waals surface area (Å²) < 4.78 is 0. The average Bonchev–Trinajstić information content (AvgIpc) is 2.78. The van der Waals surface area contributed by atoms with Crippen LogP contribution in [0, 0.1) is 0 Å². The summed E-state index contributed by atoms with van der Waals surface area (Å²) in [5.41, 5.74) is 3.66. The summed E-state index contributed by atoms with van der Waals surface area (Å²) >= 11 is 1.71. The lowest BCUT2D eigenvalue weighted by Crippen LogP contribution is -2.04. The van der Waals surface area contributed by atoms with Gasteiger partial charge in [-0.2, -0.15) is 0 Å². The Balaban J connectivity index is 2.21. The van der Waals surface area contributed by atoms with Crippen LogP contribution < -0.4 is 5.32 Å². The van der Waals surface area contributed by atoms with Crippen LogP contribution in [0.2, 0.25) is 0 Å². The first-order valence-electron chi connectivity index (χ1n) is 5.90. The van der Waals surface area contributed by atoms with Crippen LogP contribution in [0.15, 0.2) is 29.6 Å². The molecule has 17 heavy (non-hydrogen) atoms. The van der Waals surface area contributed by atoms with E-state index < -0.39 is 0 Å². The zero-order valence-electron chi connectivity index (χ0n) is 10.5. The predicted molar refractivity (Wildman–Crippen MR) is 74.4 cm³/mol. The molecule has 1 aromatic carbocycles. The molecule has 3 heteroatoms. The van der Waals surface area contributed by atoms with Gasteiger partial charge < -0.3 is 5.32 Å². The highest BCUT2D eigenvalue weighted by atomic mass is 32.1. The normalized spacial score (nSPS) is 11.1. The fourth-order valence-electron chi connectivity index (χ4n) is 1.71. The van der Waals surface area contributed by atoms with E-state index in [2.05, 4.69) is 53.8 Å². The third-order valence-corrected chi connectivity index (χ3v) is 3.60. The van der Waals surface area contributed by atoms with Gasteiger partial charge in [0.05, 0.1) is 5.69 Å².